The van der Waals surface area contributed by atoms with Gasteiger partial charge in [0.25, 0.3) is 0 Å². The summed E-state index contributed by atoms with van der Waals surface area (Å²) < 4.78 is 109. The van der Waals surface area contributed by atoms with Gasteiger partial charge in [0.2, 0.25) is 10.0 Å². The molecule has 3 N–H and O–H groups in total. The molecule has 1 unspecified atom stereocenters. The molecule has 5 rings (SSSR count). The number of carbonyl (C=O) groups excluding carboxylic acids is 1. The Hall–Kier alpha value is -3.88. The number of H-pyrrole nitrogens is 1. The van der Waals surface area contributed by atoms with Crippen LogP contribution in [0.5, 0.6) is 0 Å². The molecule has 0 bridgehead atoms. The van der Waals surface area contributed by atoms with E-state index in [-0.39, 0.29) is 31.3 Å². The number of hydrogen-bond donors (Lipinski definition) is 3. The van der Waals surface area contributed by atoms with E-state index in [1.807, 2.05) is 24.3 Å². The lowest BCUT2D eigenvalue weighted by molar-refractivity contribution is -0.143. The van der Waals surface area contributed by atoms with Crippen molar-refractivity contribution in [2.24, 2.45) is 0 Å². The van der Waals surface area contributed by atoms with Crippen LogP contribution in [0.2, 0.25) is 0 Å². The molecule has 0 saturated carbocycles. The lowest BCUT2D eigenvalue weighted by Gasteiger charge is -2.35. The van der Waals surface area contributed by atoms with Crippen LogP contribution in [0.25, 0.3) is 10.9 Å². The maximum absolute atomic E-state index is 14.2. The normalized spacial score (nSPS) is 15.8. The molecular weight excluding hydrogens is 610 g/mol. The molecular formula is C30H28F6N4O3S. The average Bonchev–Trinajstić information content (AvgIpc) is 3.35. The molecule has 1 aliphatic rings. The monoisotopic (exact) mass is 638 g/mol. The molecule has 7 nitrogen and oxygen atoms in total. The topological polar surface area (TPSA) is 94.3 Å². The standard InChI is InChI=1S/C30H28F6N4O3S/c1-44(42,43)39-23-6-7-25(18(15-23)12-20-17-38-26-5-3-2-4-24(20)26)27(40-10-8-37-9-11-40)28(41)19-13-21(29(31,32)33)16-22(14-19)30(34,35)36/h2-7,13-17,27,37-39H,8-12H2,1H3. The maximum Gasteiger partial charge on any atom is 0.416 e. The van der Waals surface area contributed by atoms with Gasteiger partial charge in [-0.15, -0.1) is 0 Å². The minimum absolute atomic E-state index is 0.00923. The second-order valence-electron chi connectivity index (χ2n) is 10.7. The molecule has 0 radical (unpaired) electrons. The van der Waals surface area contributed by atoms with Gasteiger partial charge >= 0.3 is 12.4 Å². The van der Waals surface area contributed by atoms with E-state index in [9.17, 15) is 39.6 Å². The van der Waals surface area contributed by atoms with Crippen LogP contribution in [-0.2, 0) is 28.8 Å². The number of carbonyl (C=O) groups is 1. The number of aromatic amines is 1. The highest BCUT2D eigenvalue weighted by Gasteiger charge is 2.39. The molecule has 0 amide bonds. The fourth-order valence-corrected chi connectivity index (χ4v) is 6.04. The van der Waals surface area contributed by atoms with Crippen LogP contribution in [0, 0.1) is 0 Å². The lowest BCUT2D eigenvalue weighted by Crippen LogP contribution is -2.47. The Morgan fingerprint density at radius 1 is 0.909 bits per heavy atom. The number of ketones is 1. The quantitative estimate of drug-likeness (QED) is 0.163. The number of sulfonamides is 1. The number of hydrogen-bond acceptors (Lipinski definition) is 5. The summed E-state index contributed by atoms with van der Waals surface area (Å²) >= 11 is 0. The average molecular weight is 639 g/mol. The highest BCUT2D eigenvalue weighted by atomic mass is 32.2. The van der Waals surface area contributed by atoms with Crippen molar-refractivity contribution in [2.75, 3.05) is 37.2 Å². The molecule has 14 heteroatoms. The lowest BCUT2D eigenvalue weighted by atomic mass is 9.88. The Morgan fingerprint density at radius 3 is 2.16 bits per heavy atom. The number of rotatable bonds is 8. The zero-order chi connectivity index (χ0) is 31.9. The van der Waals surface area contributed by atoms with Crippen LogP contribution in [0.1, 0.15) is 44.2 Å². The molecule has 0 aliphatic carbocycles. The zero-order valence-electron chi connectivity index (χ0n) is 23.3. The first-order valence-corrected chi connectivity index (χ1v) is 15.4. The Bertz CT molecular complexity index is 1760. The van der Waals surface area contributed by atoms with Crippen molar-refractivity contribution in [3.8, 4) is 0 Å². The number of Topliss-reactive ketones (excluding diaryl/α,β-unsaturated/α-hetero) is 1. The fourth-order valence-electron chi connectivity index (χ4n) is 5.49. The maximum atomic E-state index is 14.2. The molecule has 4 aromatic rings. The molecule has 1 atom stereocenters. The van der Waals surface area contributed by atoms with Gasteiger partial charge in [0.1, 0.15) is 0 Å². The minimum atomic E-state index is -5.12. The summed E-state index contributed by atoms with van der Waals surface area (Å²) in [6.07, 6.45) is -7.33. The van der Waals surface area contributed by atoms with E-state index in [1.165, 1.54) is 18.2 Å². The summed E-state index contributed by atoms with van der Waals surface area (Å²) in [5.41, 5.74) is -1.27. The van der Waals surface area contributed by atoms with Gasteiger partial charge in [-0.3, -0.25) is 14.4 Å². The van der Waals surface area contributed by atoms with Gasteiger partial charge in [0, 0.05) is 54.5 Å². The van der Waals surface area contributed by atoms with E-state index < -0.39 is 50.9 Å². The van der Waals surface area contributed by atoms with E-state index in [1.54, 1.807) is 11.1 Å². The highest BCUT2D eigenvalue weighted by molar-refractivity contribution is 7.92. The number of fused-ring (bicyclic) bond motifs is 1. The molecule has 3 aromatic carbocycles. The number of halogens is 6. The van der Waals surface area contributed by atoms with Crippen molar-refractivity contribution in [3.63, 3.8) is 0 Å². The summed E-state index contributed by atoms with van der Waals surface area (Å²) in [7, 11) is -3.70. The van der Waals surface area contributed by atoms with E-state index in [2.05, 4.69) is 15.0 Å². The fraction of sp³-hybridized carbons (Fsp3) is 0.300. The molecule has 1 aliphatic heterocycles. The van der Waals surface area contributed by atoms with Crippen LogP contribution >= 0.6 is 0 Å². The third-order valence-corrected chi connectivity index (χ3v) is 8.04. The smallest absolute Gasteiger partial charge is 0.361 e. The van der Waals surface area contributed by atoms with Gasteiger partial charge in [0.05, 0.1) is 23.4 Å². The number of piperazine rings is 1. The number of alkyl halides is 6. The van der Waals surface area contributed by atoms with Crippen LogP contribution in [0.15, 0.2) is 66.9 Å². The summed E-state index contributed by atoms with van der Waals surface area (Å²) in [6, 6.07) is 11.5. The Balaban J connectivity index is 1.68. The number of benzene rings is 3. The molecule has 1 aromatic heterocycles. The van der Waals surface area contributed by atoms with E-state index in [0.717, 1.165) is 22.7 Å². The summed E-state index contributed by atoms with van der Waals surface area (Å²) in [5.74, 6) is -0.938. The number of para-hydroxylation sites is 1. The molecule has 234 valence electrons. The van der Waals surface area contributed by atoms with Crippen molar-refractivity contribution < 1.29 is 39.6 Å². The van der Waals surface area contributed by atoms with Gasteiger partial charge in [-0.25, -0.2) is 8.42 Å². The first-order chi connectivity index (χ1) is 20.6. The Labute approximate surface area is 249 Å². The highest BCUT2D eigenvalue weighted by Crippen LogP contribution is 2.39. The summed E-state index contributed by atoms with van der Waals surface area (Å²) in [4.78, 5) is 19.0. The number of anilines is 1. The first-order valence-electron chi connectivity index (χ1n) is 13.5. The van der Waals surface area contributed by atoms with E-state index >= 15 is 0 Å². The number of aromatic nitrogens is 1. The Kier molecular flexibility index (Phi) is 8.53. The molecule has 0 spiro atoms. The molecule has 44 heavy (non-hydrogen) atoms. The predicted molar refractivity (Wildman–Crippen MR) is 154 cm³/mol. The summed E-state index contributed by atoms with van der Waals surface area (Å²) in [6.45, 7) is 1.45. The van der Waals surface area contributed by atoms with Gasteiger partial charge in [-0.2, -0.15) is 26.3 Å². The number of nitrogens with zero attached hydrogens (tertiary/aromatic N) is 1. The Morgan fingerprint density at radius 2 is 1.55 bits per heavy atom. The largest absolute Gasteiger partial charge is 0.416 e. The van der Waals surface area contributed by atoms with Gasteiger partial charge in [-0.1, -0.05) is 24.3 Å². The van der Waals surface area contributed by atoms with Crippen molar-refractivity contribution in [2.45, 2.75) is 24.8 Å². The first kappa shape index (κ1) is 31.5. The summed E-state index contributed by atoms with van der Waals surface area (Å²) in [5, 5.41) is 3.99. The third kappa shape index (κ3) is 7.08. The minimum Gasteiger partial charge on any atom is -0.361 e. The van der Waals surface area contributed by atoms with Gasteiger partial charge in [-0.05, 0) is 59.5 Å². The SMILES string of the molecule is CS(=O)(=O)Nc1ccc(C(C(=O)c2cc(C(F)(F)F)cc(C(F)(F)F)c2)N2CCNCC2)c(Cc2c[nH]c3ccccc23)c1. The second-order valence-corrected chi connectivity index (χ2v) is 12.4. The molecule has 1 fully saturated rings. The van der Waals surface area contributed by atoms with E-state index in [4.69, 9.17) is 0 Å². The van der Waals surface area contributed by atoms with Crippen LogP contribution in [0.4, 0.5) is 32.0 Å². The third-order valence-electron chi connectivity index (χ3n) is 7.43. The van der Waals surface area contributed by atoms with Crippen molar-refractivity contribution in [1.82, 2.24) is 15.2 Å². The van der Waals surface area contributed by atoms with Crippen LogP contribution in [0.3, 0.4) is 0 Å². The van der Waals surface area contributed by atoms with Crippen molar-refractivity contribution >= 4 is 32.4 Å². The second kappa shape index (κ2) is 11.9. The van der Waals surface area contributed by atoms with Crippen molar-refractivity contribution in [1.29, 1.82) is 0 Å². The molecule has 2 heterocycles. The van der Waals surface area contributed by atoms with Crippen LogP contribution < -0.4 is 10.0 Å². The van der Waals surface area contributed by atoms with Gasteiger partial charge < -0.3 is 10.3 Å². The van der Waals surface area contributed by atoms with E-state index in [0.29, 0.717) is 36.3 Å². The van der Waals surface area contributed by atoms with Crippen molar-refractivity contribution in [3.05, 3.63) is 100 Å². The molecule has 1 saturated heterocycles. The number of nitrogens with one attached hydrogen (secondary N) is 3. The predicted octanol–water partition coefficient (Wildman–Crippen LogP) is 6.00. The van der Waals surface area contributed by atoms with Gasteiger partial charge in [0.15, 0.2) is 5.78 Å². The zero-order valence-corrected chi connectivity index (χ0v) is 24.1. The van der Waals surface area contributed by atoms with Crippen LogP contribution in [-0.4, -0.2) is 56.5 Å².